The molecule has 1 saturated heterocycles. The molecule has 0 bridgehead atoms. The van der Waals surface area contributed by atoms with Crippen LogP contribution in [0.3, 0.4) is 0 Å². The molecule has 0 aromatic carbocycles. The van der Waals surface area contributed by atoms with Gasteiger partial charge in [-0.15, -0.1) is 0 Å². The number of aliphatic imine (C=N–C) groups is 1. The third-order valence-corrected chi connectivity index (χ3v) is 4.89. The fourth-order valence-corrected chi connectivity index (χ4v) is 3.82. The Morgan fingerprint density at radius 1 is 1.29 bits per heavy atom. The van der Waals surface area contributed by atoms with E-state index in [1.165, 1.54) is 38.8 Å². The molecule has 2 aliphatic rings. The molecule has 122 valence electrons. The second kappa shape index (κ2) is 6.55. The Labute approximate surface area is 131 Å². The lowest BCUT2D eigenvalue weighted by Crippen LogP contribution is -2.43. The molecule has 0 atom stereocenters. The first-order valence-corrected chi connectivity index (χ1v) is 8.54. The van der Waals surface area contributed by atoms with Gasteiger partial charge in [-0.3, -0.25) is 4.99 Å². The van der Waals surface area contributed by atoms with Crippen molar-refractivity contribution in [2.45, 2.75) is 46.5 Å². The average molecular weight is 294 g/mol. The van der Waals surface area contributed by atoms with Crippen molar-refractivity contribution in [3.05, 3.63) is 0 Å². The number of nitrogens with zero attached hydrogens (tertiary/aromatic N) is 3. The molecule has 1 saturated carbocycles. The highest BCUT2D eigenvalue weighted by atomic mass is 15.3. The summed E-state index contributed by atoms with van der Waals surface area (Å²) in [5, 5.41) is 3.50. The number of guanidine groups is 1. The minimum atomic E-state index is 0.220. The predicted octanol–water partition coefficient (Wildman–Crippen LogP) is 2.42. The standard InChI is InChI=1S/C17H34N4/c1-6-18-15(19-12-16(2,3)13-20(4)5)21-11-10-17(14-21)8-7-9-17/h6-14H2,1-5H3,(H,18,19). The van der Waals surface area contributed by atoms with Crippen LogP contribution in [0.4, 0.5) is 0 Å². The van der Waals surface area contributed by atoms with E-state index in [9.17, 15) is 0 Å². The number of likely N-dealkylation sites (tertiary alicyclic amines) is 1. The van der Waals surface area contributed by atoms with Crippen LogP contribution in [0, 0.1) is 10.8 Å². The molecule has 1 aliphatic heterocycles. The summed E-state index contributed by atoms with van der Waals surface area (Å²) in [5.41, 5.74) is 0.855. The van der Waals surface area contributed by atoms with Crippen LogP contribution in [0.25, 0.3) is 0 Å². The lowest BCUT2D eigenvalue weighted by molar-refractivity contribution is 0.151. The van der Waals surface area contributed by atoms with Crippen LogP contribution in [0.1, 0.15) is 46.5 Å². The highest BCUT2D eigenvalue weighted by Gasteiger charge is 2.43. The molecule has 2 fully saturated rings. The zero-order chi connectivity index (χ0) is 15.5. The molecular weight excluding hydrogens is 260 g/mol. The third-order valence-electron chi connectivity index (χ3n) is 4.89. The Kier molecular flexibility index (Phi) is 5.18. The molecule has 2 rings (SSSR count). The van der Waals surface area contributed by atoms with Crippen molar-refractivity contribution < 1.29 is 0 Å². The van der Waals surface area contributed by atoms with Gasteiger partial charge in [-0.1, -0.05) is 20.3 Å². The van der Waals surface area contributed by atoms with Crippen molar-refractivity contribution in [3.63, 3.8) is 0 Å². The van der Waals surface area contributed by atoms with Gasteiger partial charge in [-0.2, -0.15) is 0 Å². The first-order chi connectivity index (χ1) is 9.86. The zero-order valence-corrected chi connectivity index (χ0v) is 14.7. The van der Waals surface area contributed by atoms with Gasteiger partial charge in [-0.25, -0.2) is 0 Å². The van der Waals surface area contributed by atoms with E-state index >= 15 is 0 Å². The van der Waals surface area contributed by atoms with Gasteiger partial charge in [0.2, 0.25) is 0 Å². The van der Waals surface area contributed by atoms with Crippen molar-refractivity contribution in [1.82, 2.24) is 15.1 Å². The van der Waals surface area contributed by atoms with Crippen LogP contribution in [-0.4, -0.2) is 62.6 Å². The fourth-order valence-electron chi connectivity index (χ4n) is 3.82. The van der Waals surface area contributed by atoms with E-state index in [-0.39, 0.29) is 5.41 Å². The maximum Gasteiger partial charge on any atom is 0.193 e. The van der Waals surface area contributed by atoms with Crippen LogP contribution in [-0.2, 0) is 0 Å². The van der Waals surface area contributed by atoms with Gasteiger partial charge in [0, 0.05) is 32.7 Å². The Bertz CT molecular complexity index is 369. The van der Waals surface area contributed by atoms with E-state index in [0.29, 0.717) is 5.41 Å². The summed E-state index contributed by atoms with van der Waals surface area (Å²) in [5.74, 6) is 1.13. The minimum Gasteiger partial charge on any atom is -0.357 e. The molecule has 0 aromatic rings. The molecule has 1 spiro atoms. The van der Waals surface area contributed by atoms with Crippen LogP contribution < -0.4 is 5.32 Å². The highest BCUT2D eigenvalue weighted by molar-refractivity contribution is 5.80. The smallest absolute Gasteiger partial charge is 0.193 e. The van der Waals surface area contributed by atoms with E-state index in [1.807, 2.05) is 0 Å². The van der Waals surface area contributed by atoms with E-state index < -0.39 is 0 Å². The zero-order valence-electron chi connectivity index (χ0n) is 14.7. The maximum absolute atomic E-state index is 4.95. The Morgan fingerprint density at radius 3 is 2.48 bits per heavy atom. The fraction of sp³-hybridized carbons (Fsp3) is 0.941. The van der Waals surface area contributed by atoms with Crippen molar-refractivity contribution in [3.8, 4) is 0 Å². The van der Waals surface area contributed by atoms with Crippen LogP contribution in [0.2, 0.25) is 0 Å². The van der Waals surface area contributed by atoms with Crippen molar-refractivity contribution in [2.24, 2.45) is 15.8 Å². The quantitative estimate of drug-likeness (QED) is 0.624. The second-order valence-corrected chi connectivity index (χ2v) is 8.10. The first kappa shape index (κ1) is 16.6. The van der Waals surface area contributed by atoms with Gasteiger partial charge < -0.3 is 15.1 Å². The number of hydrogen-bond donors (Lipinski definition) is 1. The minimum absolute atomic E-state index is 0.220. The molecule has 0 amide bonds. The van der Waals surface area contributed by atoms with E-state index in [0.717, 1.165) is 25.6 Å². The van der Waals surface area contributed by atoms with Gasteiger partial charge in [-0.05, 0) is 51.1 Å². The third kappa shape index (κ3) is 4.35. The Balaban J connectivity index is 1.96. The highest BCUT2D eigenvalue weighted by Crippen LogP contribution is 2.47. The first-order valence-electron chi connectivity index (χ1n) is 8.54. The topological polar surface area (TPSA) is 30.9 Å². The monoisotopic (exact) mass is 294 g/mol. The molecule has 0 radical (unpaired) electrons. The molecule has 21 heavy (non-hydrogen) atoms. The Morgan fingerprint density at radius 2 is 2.00 bits per heavy atom. The van der Waals surface area contributed by atoms with Gasteiger partial charge in [0.25, 0.3) is 0 Å². The number of rotatable bonds is 5. The summed E-state index contributed by atoms with van der Waals surface area (Å²) >= 11 is 0. The Hall–Kier alpha value is -0.770. The summed E-state index contributed by atoms with van der Waals surface area (Å²) in [6, 6.07) is 0. The molecule has 4 heteroatoms. The van der Waals surface area contributed by atoms with Crippen molar-refractivity contribution >= 4 is 5.96 Å². The van der Waals surface area contributed by atoms with E-state index in [4.69, 9.17) is 4.99 Å². The van der Waals surface area contributed by atoms with Crippen molar-refractivity contribution in [1.29, 1.82) is 0 Å². The van der Waals surface area contributed by atoms with Crippen LogP contribution >= 0.6 is 0 Å². The van der Waals surface area contributed by atoms with E-state index in [2.05, 4.69) is 50.0 Å². The molecule has 1 N–H and O–H groups in total. The molecule has 1 aliphatic carbocycles. The summed E-state index contributed by atoms with van der Waals surface area (Å²) in [4.78, 5) is 9.70. The normalized spacial score (nSPS) is 22.0. The summed E-state index contributed by atoms with van der Waals surface area (Å²) in [6.07, 6.45) is 5.64. The maximum atomic E-state index is 4.95. The second-order valence-electron chi connectivity index (χ2n) is 8.10. The number of hydrogen-bond acceptors (Lipinski definition) is 2. The summed E-state index contributed by atoms with van der Waals surface area (Å²) in [7, 11) is 4.27. The van der Waals surface area contributed by atoms with Crippen LogP contribution in [0.15, 0.2) is 4.99 Å². The van der Waals surface area contributed by atoms with Crippen molar-refractivity contribution in [2.75, 3.05) is 46.8 Å². The molecule has 1 heterocycles. The van der Waals surface area contributed by atoms with Crippen LogP contribution in [0.5, 0.6) is 0 Å². The largest absolute Gasteiger partial charge is 0.357 e. The summed E-state index contributed by atoms with van der Waals surface area (Å²) in [6.45, 7) is 12.1. The predicted molar refractivity (Wildman–Crippen MR) is 90.8 cm³/mol. The lowest BCUT2D eigenvalue weighted by atomic mass is 9.68. The number of nitrogens with one attached hydrogen (secondary N) is 1. The van der Waals surface area contributed by atoms with Gasteiger partial charge >= 0.3 is 0 Å². The molecule has 4 nitrogen and oxygen atoms in total. The SMILES string of the molecule is CCNC(=NCC(C)(C)CN(C)C)N1CCC2(CCC2)C1. The van der Waals surface area contributed by atoms with Gasteiger partial charge in [0.15, 0.2) is 5.96 Å². The van der Waals surface area contributed by atoms with Gasteiger partial charge in [0.1, 0.15) is 0 Å². The average Bonchev–Trinajstić information content (AvgIpc) is 2.78. The lowest BCUT2D eigenvalue weighted by Gasteiger charge is -2.38. The molecular formula is C17H34N4. The molecule has 0 unspecified atom stereocenters. The van der Waals surface area contributed by atoms with Gasteiger partial charge in [0.05, 0.1) is 0 Å². The summed E-state index contributed by atoms with van der Waals surface area (Å²) < 4.78 is 0. The van der Waals surface area contributed by atoms with E-state index in [1.54, 1.807) is 0 Å². The molecule has 0 aromatic heterocycles.